The molecule has 2 atom stereocenters. The summed E-state index contributed by atoms with van der Waals surface area (Å²) in [6.45, 7) is 4.57. The molecule has 19 heavy (non-hydrogen) atoms. The fraction of sp³-hybridized carbons (Fsp3) is 0.688. The summed E-state index contributed by atoms with van der Waals surface area (Å²) in [5.41, 5.74) is 7.30. The smallest absolute Gasteiger partial charge is 0.142 e. The summed E-state index contributed by atoms with van der Waals surface area (Å²) in [4.78, 5) is 4.51. The van der Waals surface area contributed by atoms with Crippen LogP contribution in [0, 0.1) is 11.8 Å². The van der Waals surface area contributed by atoms with Gasteiger partial charge in [0.25, 0.3) is 0 Å². The Kier molecular flexibility index (Phi) is 4.46. The predicted octanol–water partition coefficient (Wildman–Crippen LogP) is 3.48. The van der Waals surface area contributed by atoms with Gasteiger partial charge in [0.05, 0.1) is 12.6 Å². The lowest BCUT2D eigenvalue weighted by Gasteiger charge is -2.38. The van der Waals surface area contributed by atoms with Crippen LogP contribution in [-0.2, 0) is 5.54 Å². The number of pyridine rings is 1. The minimum Gasteiger partial charge on any atom is -0.495 e. The molecule has 1 aromatic heterocycles. The predicted molar refractivity (Wildman–Crippen MR) is 78.1 cm³/mol. The minimum atomic E-state index is -0.315. The summed E-state index contributed by atoms with van der Waals surface area (Å²) in [5.74, 6) is 2.28. The molecule has 3 heteroatoms. The van der Waals surface area contributed by atoms with Crippen molar-refractivity contribution in [3.63, 3.8) is 0 Å². The Morgan fingerprint density at radius 1 is 1.53 bits per heavy atom. The Bertz CT molecular complexity index is 419. The molecule has 0 saturated heterocycles. The number of ether oxygens (including phenoxy) is 1. The highest BCUT2D eigenvalue weighted by Crippen LogP contribution is 2.42. The molecule has 0 radical (unpaired) electrons. The van der Waals surface area contributed by atoms with Gasteiger partial charge < -0.3 is 10.5 Å². The van der Waals surface area contributed by atoms with Crippen molar-refractivity contribution in [3.8, 4) is 5.75 Å². The highest BCUT2D eigenvalue weighted by molar-refractivity contribution is 5.33. The van der Waals surface area contributed by atoms with Crippen molar-refractivity contribution in [1.82, 2.24) is 4.98 Å². The molecule has 106 valence electrons. The van der Waals surface area contributed by atoms with Crippen LogP contribution >= 0.6 is 0 Å². The molecular weight excluding hydrogens is 236 g/mol. The van der Waals surface area contributed by atoms with Crippen LogP contribution in [0.3, 0.4) is 0 Å². The molecule has 1 aromatic rings. The Labute approximate surface area is 116 Å². The standard InChI is InChI=1S/C16H26N2O/c1-12(2)10-13-6-4-8-16(17,11-13)15-14(19-3)7-5-9-18-15/h5,7,9,12-13H,4,6,8,10-11,17H2,1-3H3. The SMILES string of the molecule is COc1cccnc1C1(N)CCCC(CC(C)C)C1. The van der Waals surface area contributed by atoms with Crippen molar-refractivity contribution >= 4 is 0 Å². The van der Waals surface area contributed by atoms with Gasteiger partial charge in [-0.1, -0.05) is 26.7 Å². The molecular formula is C16H26N2O. The molecule has 1 heterocycles. The lowest BCUT2D eigenvalue weighted by Crippen LogP contribution is -2.42. The van der Waals surface area contributed by atoms with E-state index in [-0.39, 0.29) is 5.54 Å². The van der Waals surface area contributed by atoms with Crippen LogP contribution in [-0.4, -0.2) is 12.1 Å². The summed E-state index contributed by atoms with van der Waals surface area (Å²) >= 11 is 0. The Morgan fingerprint density at radius 2 is 2.32 bits per heavy atom. The minimum absolute atomic E-state index is 0.315. The highest BCUT2D eigenvalue weighted by Gasteiger charge is 2.37. The van der Waals surface area contributed by atoms with Crippen LogP contribution in [0.25, 0.3) is 0 Å². The summed E-state index contributed by atoms with van der Waals surface area (Å²) in [6, 6.07) is 3.86. The van der Waals surface area contributed by atoms with Crippen LogP contribution < -0.4 is 10.5 Å². The monoisotopic (exact) mass is 262 g/mol. The highest BCUT2D eigenvalue weighted by atomic mass is 16.5. The first-order chi connectivity index (χ1) is 9.05. The van der Waals surface area contributed by atoms with E-state index in [2.05, 4.69) is 18.8 Å². The molecule has 2 unspecified atom stereocenters. The normalized spacial score (nSPS) is 27.5. The second-order valence-electron chi connectivity index (χ2n) is 6.30. The van der Waals surface area contributed by atoms with Crippen LogP contribution in [0.2, 0.25) is 0 Å². The van der Waals surface area contributed by atoms with Crippen LogP contribution in [0.4, 0.5) is 0 Å². The Morgan fingerprint density at radius 3 is 3.00 bits per heavy atom. The van der Waals surface area contributed by atoms with Gasteiger partial charge in [0.2, 0.25) is 0 Å². The molecule has 0 bridgehead atoms. The number of aromatic nitrogens is 1. The quantitative estimate of drug-likeness (QED) is 0.903. The maximum Gasteiger partial charge on any atom is 0.142 e. The Hall–Kier alpha value is -1.09. The van der Waals surface area contributed by atoms with E-state index in [0.717, 1.165) is 30.2 Å². The zero-order valence-electron chi connectivity index (χ0n) is 12.4. The molecule has 1 aliphatic carbocycles. The molecule has 2 N–H and O–H groups in total. The van der Waals surface area contributed by atoms with E-state index in [1.165, 1.54) is 19.3 Å². The van der Waals surface area contributed by atoms with Gasteiger partial charge in [-0.2, -0.15) is 0 Å². The maximum atomic E-state index is 6.68. The van der Waals surface area contributed by atoms with Crippen LogP contribution in [0.15, 0.2) is 18.3 Å². The fourth-order valence-electron chi connectivity index (χ4n) is 3.44. The van der Waals surface area contributed by atoms with Crippen LogP contribution in [0.5, 0.6) is 5.75 Å². The molecule has 0 spiro atoms. The summed E-state index contributed by atoms with van der Waals surface area (Å²) in [6.07, 6.45) is 7.60. The van der Waals surface area contributed by atoms with Crippen LogP contribution in [0.1, 0.15) is 51.6 Å². The largest absolute Gasteiger partial charge is 0.495 e. The zero-order chi connectivity index (χ0) is 13.9. The van der Waals surface area contributed by atoms with Gasteiger partial charge >= 0.3 is 0 Å². The summed E-state index contributed by atoms with van der Waals surface area (Å²) in [5, 5.41) is 0. The maximum absolute atomic E-state index is 6.68. The lowest BCUT2D eigenvalue weighted by molar-refractivity contribution is 0.194. The van der Waals surface area contributed by atoms with E-state index in [9.17, 15) is 0 Å². The molecule has 2 rings (SSSR count). The third kappa shape index (κ3) is 3.27. The van der Waals surface area contributed by atoms with Gasteiger partial charge in [0.1, 0.15) is 11.4 Å². The number of hydrogen-bond donors (Lipinski definition) is 1. The second kappa shape index (κ2) is 5.91. The van der Waals surface area contributed by atoms with Gasteiger partial charge in [-0.05, 0) is 43.2 Å². The summed E-state index contributed by atoms with van der Waals surface area (Å²) < 4.78 is 5.44. The zero-order valence-corrected chi connectivity index (χ0v) is 12.4. The van der Waals surface area contributed by atoms with Crippen molar-refractivity contribution in [2.24, 2.45) is 17.6 Å². The number of hydrogen-bond acceptors (Lipinski definition) is 3. The van der Waals surface area contributed by atoms with Gasteiger partial charge in [-0.3, -0.25) is 4.98 Å². The van der Waals surface area contributed by atoms with Gasteiger partial charge in [0, 0.05) is 6.20 Å². The Balaban J connectivity index is 2.21. The van der Waals surface area contributed by atoms with E-state index < -0.39 is 0 Å². The number of nitrogens with zero attached hydrogens (tertiary/aromatic N) is 1. The van der Waals surface area contributed by atoms with Crippen molar-refractivity contribution in [2.75, 3.05) is 7.11 Å². The molecule has 1 fully saturated rings. The molecule has 0 aromatic carbocycles. The van der Waals surface area contributed by atoms with Gasteiger partial charge in [0.15, 0.2) is 0 Å². The van der Waals surface area contributed by atoms with Gasteiger partial charge in [-0.15, -0.1) is 0 Å². The average molecular weight is 262 g/mol. The topological polar surface area (TPSA) is 48.1 Å². The number of nitrogens with two attached hydrogens (primary N) is 1. The van der Waals surface area contributed by atoms with Crippen molar-refractivity contribution in [1.29, 1.82) is 0 Å². The average Bonchev–Trinajstić information content (AvgIpc) is 2.38. The second-order valence-corrected chi connectivity index (χ2v) is 6.30. The summed E-state index contributed by atoms with van der Waals surface area (Å²) in [7, 11) is 1.69. The lowest BCUT2D eigenvalue weighted by atomic mass is 9.72. The first kappa shape index (κ1) is 14.3. The molecule has 1 aliphatic rings. The molecule has 0 amide bonds. The number of rotatable bonds is 4. The molecule has 3 nitrogen and oxygen atoms in total. The van der Waals surface area contributed by atoms with Crippen molar-refractivity contribution in [3.05, 3.63) is 24.0 Å². The number of methoxy groups -OCH3 is 1. The fourth-order valence-corrected chi connectivity index (χ4v) is 3.44. The first-order valence-electron chi connectivity index (χ1n) is 7.33. The van der Waals surface area contributed by atoms with Crippen molar-refractivity contribution in [2.45, 2.75) is 51.5 Å². The van der Waals surface area contributed by atoms with E-state index in [4.69, 9.17) is 10.5 Å². The first-order valence-corrected chi connectivity index (χ1v) is 7.33. The van der Waals surface area contributed by atoms with E-state index in [0.29, 0.717) is 5.92 Å². The van der Waals surface area contributed by atoms with Gasteiger partial charge in [-0.25, -0.2) is 0 Å². The molecule has 0 aliphatic heterocycles. The third-order valence-electron chi connectivity index (χ3n) is 4.16. The van der Waals surface area contributed by atoms with E-state index in [1.807, 2.05) is 18.3 Å². The molecule has 1 saturated carbocycles. The van der Waals surface area contributed by atoms with E-state index >= 15 is 0 Å². The van der Waals surface area contributed by atoms with E-state index in [1.54, 1.807) is 7.11 Å². The third-order valence-corrected chi connectivity index (χ3v) is 4.16. The van der Waals surface area contributed by atoms with Crippen molar-refractivity contribution < 1.29 is 4.74 Å².